The third kappa shape index (κ3) is 2.80. The molecule has 0 saturated carbocycles. The van der Waals surface area contributed by atoms with E-state index in [0.717, 1.165) is 5.56 Å². The van der Waals surface area contributed by atoms with E-state index in [1.54, 1.807) is 0 Å². The number of aromatic nitrogens is 4. The summed E-state index contributed by atoms with van der Waals surface area (Å²) in [6, 6.07) is 9.72. The van der Waals surface area contributed by atoms with E-state index < -0.39 is 31.1 Å². The standard InChI is InChI=1S/C17H19N5O4/c18-15-12-16(21-11(20-15)6-9-4-2-1-3-5-9)22(8-19-12)17-14(25)13(24)10(7-23)26-17/h1-5,8,10,13-14,17,23-25H,6-7H2,(H2,18,20,21)/t10-,13-,14-,17-/m1/s1. The highest BCUT2D eigenvalue weighted by Gasteiger charge is 2.44. The van der Waals surface area contributed by atoms with Crippen molar-refractivity contribution in [1.82, 2.24) is 19.5 Å². The molecule has 1 aliphatic heterocycles. The Morgan fingerprint density at radius 3 is 2.58 bits per heavy atom. The zero-order valence-corrected chi connectivity index (χ0v) is 13.8. The average molecular weight is 357 g/mol. The first-order valence-corrected chi connectivity index (χ1v) is 8.23. The molecule has 1 fully saturated rings. The summed E-state index contributed by atoms with van der Waals surface area (Å²) in [7, 11) is 0. The second-order valence-electron chi connectivity index (χ2n) is 6.24. The first-order valence-electron chi connectivity index (χ1n) is 8.23. The smallest absolute Gasteiger partial charge is 0.167 e. The van der Waals surface area contributed by atoms with Crippen LogP contribution < -0.4 is 5.73 Å². The van der Waals surface area contributed by atoms with Gasteiger partial charge >= 0.3 is 0 Å². The van der Waals surface area contributed by atoms with Gasteiger partial charge in [-0.05, 0) is 5.56 Å². The lowest BCUT2D eigenvalue weighted by molar-refractivity contribution is -0.0511. The second kappa shape index (κ2) is 6.61. The van der Waals surface area contributed by atoms with Crippen LogP contribution in [0.2, 0.25) is 0 Å². The van der Waals surface area contributed by atoms with Gasteiger partial charge in [0.15, 0.2) is 17.7 Å². The van der Waals surface area contributed by atoms with Crippen molar-refractivity contribution in [2.75, 3.05) is 12.3 Å². The molecule has 1 aromatic carbocycles. The van der Waals surface area contributed by atoms with Crippen molar-refractivity contribution in [2.45, 2.75) is 31.0 Å². The highest BCUT2D eigenvalue weighted by atomic mass is 16.6. The molecule has 4 rings (SSSR count). The fraction of sp³-hybridized carbons (Fsp3) is 0.353. The minimum absolute atomic E-state index is 0.228. The van der Waals surface area contributed by atoms with Crippen LogP contribution in [0.15, 0.2) is 36.7 Å². The van der Waals surface area contributed by atoms with Crippen molar-refractivity contribution in [1.29, 1.82) is 0 Å². The van der Waals surface area contributed by atoms with Gasteiger partial charge in [0, 0.05) is 6.42 Å². The largest absolute Gasteiger partial charge is 0.394 e. The molecule has 1 saturated heterocycles. The number of benzene rings is 1. The molecule has 0 spiro atoms. The Hall–Kier alpha value is -2.59. The first-order chi connectivity index (χ1) is 12.6. The Morgan fingerprint density at radius 2 is 1.88 bits per heavy atom. The van der Waals surface area contributed by atoms with E-state index in [4.69, 9.17) is 10.5 Å². The number of anilines is 1. The number of nitrogens with two attached hydrogens (primary N) is 1. The minimum atomic E-state index is -1.22. The van der Waals surface area contributed by atoms with Crippen molar-refractivity contribution >= 4 is 17.0 Å². The Bertz CT molecular complexity index is 916. The summed E-state index contributed by atoms with van der Waals surface area (Å²) >= 11 is 0. The van der Waals surface area contributed by atoms with E-state index in [1.165, 1.54) is 10.9 Å². The summed E-state index contributed by atoms with van der Waals surface area (Å²) in [6.45, 7) is -0.405. The average Bonchev–Trinajstić information content (AvgIpc) is 3.18. The van der Waals surface area contributed by atoms with Crippen LogP contribution in [0.5, 0.6) is 0 Å². The monoisotopic (exact) mass is 357 g/mol. The van der Waals surface area contributed by atoms with Crippen molar-refractivity contribution in [3.63, 3.8) is 0 Å². The molecule has 1 aliphatic rings. The molecule has 136 valence electrons. The van der Waals surface area contributed by atoms with Crippen molar-refractivity contribution in [3.05, 3.63) is 48.0 Å². The maximum atomic E-state index is 10.3. The lowest BCUT2D eigenvalue weighted by atomic mass is 10.1. The molecular weight excluding hydrogens is 338 g/mol. The highest BCUT2D eigenvalue weighted by Crippen LogP contribution is 2.32. The van der Waals surface area contributed by atoms with Gasteiger partial charge < -0.3 is 25.8 Å². The van der Waals surface area contributed by atoms with Gasteiger partial charge in [0.2, 0.25) is 0 Å². The van der Waals surface area contributed by atoms with E-state index in [1.807, 2.05) is 30.3 Å². The minimum Gasteiger partial charge on any atom is -0.394 e. The fourth-order valence-corrected chi connectivity index (χ4v) is 3.14. The number of fused-ring (bicyclic) bond motifs is 1. The highest BCUT2D eigenvalue weighted by molar-refractivity contribution is 5.81. The molecule has 4 atom stereocenters. The molecule has 9 heteroatoms. The molecule has 3 aromatic rings. The lowest BCUT2D eigenvalue weighted by Crippen LogP contribution is -2.33. The van der Waals surface area contributed by atoms with Gasteiger partial charge in [0.25, 0.3) is 0 Å². The predicted octanol–water partition coefficient (Wildman–Crippen LogP) is -0.389. The van der Waals surface area contributed by atoms with Gasteiger partial charge in [-0.25, -0.2) is 15.0 Å². The molecule has 0 radical (unpaired) electrons. The summed E-state index contributed by atoms with van der Waals surface area (Å²) in [5.41, 5.74) is 7.84. The predicted molar refractivity (Wildman–Crippen MR) is 92.0 cm³/mol. The van der Waals surface area contributed by atoms with Crippen LogP contribution in [0.1, 0.15) is 17.6 Å². The fourth-order valence-electron chi connectivity index (χ4n) is 3.14. The van der Waals surface area contributed by atoms with E-state index in [0.29, 0.717) is 23.4 Å². The number of ether oxygens (including phenoxy) is 1. The lowest BCUT2D eigenvalue weighted by Gasteiger charge is -2.16. The molecule has 0 aliphatic carbocycles. The van der Waals surface area contributed by atoms with Crippen LogP contribution in [-0.4, -0.2) is 59.8 Å². The van der Waals surface area contributed by atoms with E-state index in [2.05, 4.69) is 15.0 Å². The van der Waals surface area contributed by atoms with E-state index in [-0.39, 0.29) is 5.82 Å². The van der Waals surface area contributed by atoms with Gasteiger partial charge in [-0.2, -0.15) is 0 Å². The van der Waals surface area contributed by atoms with Crippen LogP contribution in [0.25, 0.3) is 11.2 Å². The number of aliphatic hydroxyl groups is 3. The van der Waals surface area contributed by atoms with Crippen molar-refractivity contribution in [2.24, 2.45) is 0 Å². The quantitative estimate of drug-likeness (QED) is 0.495. The molecule has 3 heterocycles. The topological polar surface area (TPSA) is 140 Å². The number of hydrogen-bond acceptors (Lipinski definition) is 8. The normalized spacial score (nSPS) is 25.8. The van der Waals surface area contributed by atoms with Gasteiger partial charge in [-0.1, -0.05) is 30.3 Å². The molecule has 0 bridgehead atoms. The number of nitrogen functional groups attached to an aromatic ring is 1. The zero-order valence-electron chi connectivity index (χ0n) is 13.8. The van der Waals surface area contributed by atoms with Crippen molar-refractivity contribution in [3.8, 4) is 0 Å². The summed E-state index contributed by atoms with van der Waals surface area (Å²) < 4.78 is 7.06. The summed E-state index contributed by atoms with van der Waals surface area (Å²) in [6.07, 6.45) is -2.31. The Balaban J connectivity index is 1.73. The summed E-state index contributed by atoms with van der Waals surface area (Å²) in [5.74, 6) is 0.737. The summed E-state index contributed by atoms with van der Waals surface area (Å²) in [4.78, 5) is 13.0. The van der Waals surface area contributed by atoms with Crippen molar-refractivity contribution < 1.29 is 20.1 Å². The number of nitrogens with zero attached hydrogens (tertiary/aromatic N) is 4. The van der Waals surface area contributed by atoms with Crippen LogP contribution in [0, 0.1) is 0 Å². The first kappa shape index (κ1) is 16.9. The van der Waals surface area contributed by atoms with Crippen LogP contribution in [0.4, 0.5) is 5.82 Å². The number of rotatable bonds is 4. The van der Waals surface area contributed by atoms with Gasteiger partial charge in [-0.3, -0.25) is 4.57 Å². The third-order valence-corrected chi connectivity index (χ3v) is 4.49. The number of imidazole rings is 1. The summed E-state index contributed by atoms with van der Waals surface area (Å²) in [5, 5.41) is 29.5. The van der Waals surface area contributed by atoms with Gasteiger partial charge in [0.1, 0.15) is 29.7 Å². The Morgan fingerprint density at radius 1 is 1.12 bits per heavy atom. The number of aliphatic hydroxyl groups excluding tert-OH is 3. The molecule has 9 nitrogen and oxygen atoms in total. The molecule has 5 N–H and O–H groups in total. The third-order valence-electron chi connectivity index (χ3n) is 4.49. The maximum Gasteiger partial charge on any atom is 0.167 e. The SMILES string of the molecule is Nc1nc(Cc2ccccc2)nc2c1ncn2[C@@H]1O[C@H](CO)[C@@H](O)[C@H]1O. The molecule has 26 heavy (non-hydrogen) atoms. The molecule has 2 aromatic heterocycles. The van der Waals surface area contributed by atoms with Crippen LogP contribution >= 0.6 is 0 Å². The van der Waals surface area contributed by atoms with Crippen LogP contribution in [-0.2, 0) is 11.2 Å². The van der Waals surface area contributed by atoms with Gasteiger partial charge in [-0.15, -0.1) is 0 Å². The van der Waals surface area contributed by atoms with Gasteiger partial charge in [0.05, 0.1) is 12.9 Å². The zero-order chi connectivity index (χ0) is 18.3. The van der Waals surface area contributed by atoms with E-state index >= 15 is 0 Å². The molecule has 0 amide bonds. The molecular formula is C17H19N5O4. The Labute approximate surface area is 148 Å². The maximum absolute atomic E-state index is 10.3. The number of hydrogen-bond donors (Lipinski definition) is 4. The second-order valence-corrected chi connectivity index (χ2v) is 6.24. The molecule has 0 unspecified atom stereocenters. The van der Waals surface area contributed by atoms with E-state index in [9.17, 15) is 15.3 Å². The van der Waals surface area contributed by atoms with Crippen LogP contribution in [0.3, 0.4) is 0 Å². The Kier molecular flexibility index (Phi) is 4.29.